The molecule has 4 atom stereocenters. The SMILES string of the molecule is CC1CC(c2ccncc2NC(=O)c2ccc(F)c(-c3c(F)cc(CCO)cc3F)n2)CC(N)C1(C)O. The number of anilines is 1. The monoisotopic (exact) mass is 514 g/mol. The highest BCUT2D eigenvalue weighted by Crippen LogP contribution is 2.42. The highest BCUT2D eigenvalue weighted by molar-refractivity contribution is 6.03. The first-order chi connectivity index (χ1) is 17.5. The predicted molar refractivity (Wildman–Crippen MR) is 132 cm³/mol. The zero-order valence-corrected chi connectivity index (χ0v) is 20.5. The third kappa shape index (κ3) is 5.36. The summed E-state index contributed by atoms with van der Waals surface area (Å²) in [6.45, 7) is 3.34. The highest BCUT2D eigenvalue weighted by Gasteiger charge is 2.42. The van der Waals surface area contributed by atoms with Gasteiger partial charge in [0.2, 0.25) is 0 Å². The van der Waals surface area contributed by atoms with Crippen LogP contribution in [0.5, 0.6) is 0 Å². The number of nitrogens with zero attached hydrogens (tertiary/aromatic N) is 2. The molecule has 1 aliphatic rings. The van der Waals surface area contributed by atoms with Crippen LogP contribution in [-0.2, 0) is 6.42 Å². The Kier molecular flexibility index (Phi) is 7.63. The van der Waals surface area contributed by atoms with Gasteiger partial charge in [-0.2, -0.15) is 0 Å². The van der Waals surface area contributed by atoms with Gasteiger partial charge in [-0.15, -0.1) is 0 Å². The van der Waals surface area contributed by atoms with E-state index < -0.39 is 46.3 Å². The molecule has 196 valence electrons. The van der Waals surface area contributed by atoms with Gasteiger partial charge in [-0.05, 0) is 79.5 Å². The van der Waals surface area contributed by atoms with E-state index >= 15 is 0 Å². The first-order valence-electron chi connectivity index (χ1n) is 12.0. The molecule has 0 aliphatic heterocycles. The number of hydrogen-bond donors (Lipinski definition) is 4. The summed E-state index contributed by atoms with van der Waals surface area (Å²) in [5.74, 6) is -3.97. The standard InChI is InChI=1S/C27H29F3N4O3/c1-14-9-16(12-23(31)27(14,2)37)17-5-7-32-13-22(17)34-26(36)21-4-3-18(28)25(33-21)24-19(29)10-15(6-8-35)11-20(24)30/h3-5,7,10-11,13-14,16,23,35,37H,6,8-9,12,31H2,1-2H3,(H,34,36). The second kappa shape index (κ2) is 10.6. The Bertz CT molecular complexity index is 1280. The molecular weight excluding hydrogens is 485 g/mol. The molecule has 0 bridgehead atoms. The number of nitrogens with one attached hydrogen (secondary N) is 1. The Morgan fingerprint density at radius 1 is 1.16 bits per heavy atom. The molecule has 0 spiro atoms. The van der Waals surface area contributed by atoms with Crippen LogP contribution in [0.25, 0.3) is 11.3 Å². The lowest BCUT2D eigenvalue weighted by atomic mass is 9.68. The molecule has 1 amide bonds. The van der Waals surface area contributed by atoms with Crippen molar-refractivity contribution in [3.05, 3.63) is 77.0 Å². The van der Waals surface area contributed by atoms with E-state index in [4.69, 9.17) is 10.8 Å². The van der Waals surface area contributed by atoms with Crippen LogP contribution in [0.2, 0.25) is 0 Å². The molecular formula is C27H29F3N4O3. The highest BCUT2D eigenvalue weighted by atomic mass is 19.1. The van der Waals surface area contributed by atoms with Gasteiger partial charge in [-0.25, -0.2) is 18.2 Å². The van der Waals surface area contributed by atoms with Crippen LogP contribution >= 0.6 is 0 Å². The molecule has 4 unspecified atom stereocenters. The van der Waals surface area contributed by atoms with Crippen molar-refractivity contribution in [3.63, 3.8) is 0 Å². The van der Waals surface area contributed by atoms with Crippen LogP contribution < -0.4 is 11.1 Å². The molecule has 0 radical (unpaired) electrons. The molecule has 2 aromatic heterocycles. The lowest BCUT2D eigenvalue weighted by Gasteiger charge is -2.44. The molecule has 2 heterocycles. The van der Waals surface area contributed by atoms with E-state index in [0.717, 1.165) is 29.8 Å². The van der Waals surface area contributed by atoms with Crippen molar-refractivity contribution in [2.24, 2.45) is 11.7 Å². The fourth-order valence-electron chi connectivity index (χ4n) is 4.85. The number of hydrogen-bond acceptors (Lipinski definition) is 6. The normalized spacial score (nSPS) is 23.6. The third-order valence-electron chi connectivity index (χ3n) is 7.29. The Balaban J connectivity index is 1.63. The molecule has 10 heteroatoms. The fourth-order valence-corrected chi connectivity index (χ4v) is 4.85. The number of carbonyl (C=O) groups is 1. The summed E-state index contributed by atoms with van der Waals surface area (Å²) >= 11 is 0. The van der Waals surface area contributed by atoms with Gasteiger partial charge in [0, 0.05) is 18.8 Å². The van der Waals surface area contributed by atoms with Gasteiger partial charge in [0.25, 0.3) is 5.91 Å². The number of carbonyl (C=O) groups excluding carboxylic acids is 1. The first-order valence-corrected chi connectivity index (χ1v) is 12.0. The molecule has 3 aromatic rings. The summed E-state index contributed by atoms with van der Waals surface area (Å²) in [7, 11) is 0. The summed E-state index contributed by atoms with van der Waals surface area (Å²) in [6.07, 6.45) is 4.22. The van der Waals surface area contributed by atoms with Crippen molar-refractivity contribution in [2.45, 2.75) is 50.7 Å². The van der Waals surface area contributed by atoms with Gasteiger partial charge in [0.05, 0.1) is 23.0 Å². The number of halogens is 3. The molecule has 0 saturated heterocycles. The third-order valence-corrected chi connectivity index (χ3v) is 7.29. The van der Waals surface area contributed by atoms with E-state index in [2.05, 4.69) is 15.3 Å². The molecule has 1 aliphatic carbocycles. The van der Waals surface area contributed by atoms with Gasteiger partial charge >= 0.3 is 0 Å². The van der Waals surface area contributed by atoms with E-state index in [-0.39, 0.29) is 36.1 Å². The number of amides is 1. The Morgan fingerprint density at radius 3 is 2.51 bits per heavy atom. The number of benzene rings is 1. The maximum Gasteiger partial charge on any atom is 0.274 e. The topological polar surface area (TPSA) is 121 Å². The predicted octanol–water partition coefficient (Wildman–Crippen LogP) is 3.94. The molecule has 7 nitrogen and oxygen atoms in total. The van der Waals surface area contributed by atoms with Crippen molar-refractivity contribution in [2.75, 3.05) is 11.9 Å². The molecule has 5 N–H and O–H groups in total. The summed E-state index contributed by atoms with van der Waals surface area (Å²) in [5.41, 5.74) is 5.02. The van der Waals surface area contributed by atoms with E-state index in [1.807, 2.05) is 6.92 Å². The van der Waals surface area contributed by atoms with Crippen molar-refractivity contribution in [3.8, 4) is 11.3 Å². The van der Waals surface area contributed by atoms with Crippen LogP contribution in [0.15, 0.2) is 42.7 Å². The zero-order valence-electron chi connectivity index (χ0n) is 20.5. The molecule has 1 aromatic carbocycles. The Labute approximate surface area is 212 Å². The first kappa shape index (κ1) is 26.7. The van der Waals surface area contributed by atoms with Crippen LogP contribution in [0, 0.1) is 23.4 Å². The van der Waals surface area contributed by atoms with Gasteiger partial charge in [-0.1, -0.05) is 6.92 Å². The minimum absolute atomic E-state index is 0.0299. The largest absolute Gasteiger partial charge is 0.396 e. The minimum atomic E-state index is -1.06. The zero-order chi connectivity index (χ0) is 26.9. The minimum Gasteiger partial charge on any atom is -0.396 e. The van der Waals surface area contributed by atoms with Gasteiger partial charge in [-0.3, -0.25) is 9.78 Å². The van der Waals surface area contributed by atoms with Crippen LogP contribution in [0.4, 0.5) is 18.9 Å². The molecule has 1 fully saturated rings. The molecule has 1 saturated carbocycles. The van der Waals surface area contributed by atoms with E-state index in [9.17, 15) is 23.1 Å². The van der Waals surface area contributed by atoms with E-state index in [1.54, 1.807) is 19.2 Å². The summed E-state index contributed by atoms with van der Waals surface area (Å²) in [5, 5.41) is 22.4. The fraction of sp³-hybridized carbons (Fsp3) is 0.370. The lowest BCUT2D eigenvalue weighted by molar-refractivity contribution is -0.0463. The lowest BCUT2D eigenvalue weighted by Crippen LogP contribution is -2.54. The van der Waals surface area contributed by atoms with E-state index in [0.29, 0.717) is 18.5 Å². The molecule has 37 heavy (non-hydrogen) atoms. The second-order valence-electron chi connectivity index (χ2n) is 9.75. The second-order valence-corrected chi connectivity index (χ2v) is 9.75. The Hall–Kier alpha value is -3.34. The van der Waals surface area contributed by atoms with Crippen molar-refractivity contribution >= 4 is 11.6 Å². The average Bonchev–Trinajstić information content (AvgIpc) is 2.84. The summed E-state index contributed by atoms with van der Waals surface area (Å²) < 4.78 is 44.0. The van der Waals surface area contributed by atoms with Gasteiger partial charge < -0.3 is 21.3 Å². The maximum atomic E-state index is 14.7. The smallest absolute Gasteiger partial charge is 0.274 e. The number of aliphatic hydroxyl groups is 2. The quantitative estimate of drug-likeness (QED) is 0.395. The van der Waals surface area contributed by atoms with Crippen LogP contribution in [0.3, 0.4) is 0 Å². The van der Waals surface area contributed by atoms with Gasteiger partial charge in [0.1, 0.15) is 28.8 Å². The number of nitrogens with two attached hydrogens (primary N) is 1. The summed E-state index contributed by atoms with van der Waals surface area (Å²) in [4.78, 5) is 21.1. The molecule has 4 rings (SSSR count). The number of aliphatic hydroxyl groups excluding tert-OH is 1. The average molecular weight is 515 g/mol. The summed E-state index contributed by atoms with van der Waals surface area (Å²) in [6, 6.07) is 5.34. The number of rotatable bonds is 6. The number of aromatic nitrogens is 2. The maximum absolute atomic E-state index is 14.7. The van der Waals surface area contributed by atoms with Crippen LogP contribution in [-0.4, -0.2) is 44.3 Å². The number of pyridine rings is 2. The van der Waals surface area contributed by atoms with Crippen molar-refractivity contribution in [1.82, 2.24) is 9.97 Å². The van der Waals surface area contributed by atoms with E-state index in [1.165, 1.54) is 6.20 Å². The Morgan fingerprint density at radius 2 is 1.86 bits per heavy atom. The van der Waals surface area contributed by atoms with Gasteiger partial charge in [0.15, 0.2) is 0 Å². The van der Waals surface area contributed by atoms with Crippen molar-refractivity contribution < 1.29 is 28.2 Å². The van der Waals surface area contributed by atoms with Crippen LogP contribution in [0.1, 0.15) is 54.2 Å². The van der Waals surface area contributed by atoms with Crippen molar-refractivity contribution in [1.29, 1.82) is 0 Å².